The molecule has 0 N–H and O–H groups in total. The van der Waals surface area contributed by atoms with Crippen LogP contribution >= 0.6 is 0 Å². The maximum absolute atomic E-state index is 5.88. The van der Waals surface area contributed by atoms with Crippen molar-refractivity contribution >= 4 is 0 Å². The Morgan fingerprint density at radius 3 is 2.12 bits per heavy atom. The number of ether oxygens (including phenoxy) is 3. The van der Waals surface area contributed by atoms with E-state index in [1.807, 2.05) is 24.3 Å². The van der Waals surface area contributed by atoms with Crippen LogP contribution < -0.4 is 9.47 Å². The van der Waals surface area contributed by atoms with E-state index >= 15 is 0 Å². The van der Waals surface area contributed by atoms with Gasteiger partial charge in [-0.15, -0.1) is 0 Å². The highest BCUT2D eigenvalue weighted by atomic mass is 16.5. The monoisotopic (exact) mass is 348 g/mol. The van der Waals surface area contributed by atoms with Gasteiger partial charge in [-0.25, -0.2) is 0 Å². The summed E-state index contributed by atoms with van der Waals surface area (Å²) >= 11 is 0. The minimum Gasteiger partial charge on any atom is -0.494 e. The van der Waals surface area contributed by atoms with E-state index in [4.69, 9.17) is 14.2 Å². The van der Waals surface area contributed by atoms with Gasteiger partial charge in [-0.2, -0.15) is 0 Å². The lowest BCUT2D eigenvalue weighted by Gasteiger charge is -2.40. The zero-order valence-electron chi connectivity index (χ0n) is 15.5. The lowest BCUT2D eigenvalue weighted by molar-refractivity contribution is 0.0122. The normalized spacial score (nSPS) is 20.5. The average molecular weight is 348 g/mol. The van der Waals surface area contributed by atoms with E-state index in [0.29, 0.717) is 0 Å². The topological polar surface area (TPSA) is 34.2 Å². The summed E-state index contributed by atoms with van der Waals surface area (Å²) in [5.74, 6) is 1.84. The minimum atomic E-state index is 0.737. The van der Waals surface area contributed by atoms with Crippen molar-refractivity contribution in [3.63, 3.8) is 0 Å². The van der Waals surface area contributed by atoms with Crippen molar-refractivity contribution in [3.8, 4) is 11.5 Å². The van der Waals surface area contributed by atoms with Gasteiger partial charge in [0.2, 0.25) is 0 Å². The average Bonchev–Trinajstić information content (AvgIpc) is 2.69. The Kier molecular flexibility index (Phi) is 7.39. The van der Waals surface area contributed by atoms with Crippen LogP contribution in [0.5, 0.6) is 11.5 Å². The van der Waals surface area contributed by atoms with Crippen LogP contribution in [0.3, 0.4) is 0 Å². The Bertz CT molecular complexity index is 480. The number of piperazine rings is 1. The Morgan fingerprint density at radius 2 is 1.52 bits per heavy atom. The second kappa shape index (κ2) is 10.00. The highest BCUT2D eigenvalue weighted by Crippen LogP contribution is 2.18. The molecule has 2 fully saturated rings. The maximum atomic E-state index is 5.88. The van der Waals surface area contributed by atoms with E-state index in [-0.39, 0.29) is 0 Å². The van der Waals surface area contributed by atoms with Gasteiger partial charge in [0.1, 0.15) is 18.1 Å². The molecule has 0 aromatic heterocycles. The molecule has 1 aromatic rings. The van der Waals surface area contributed by atoms with E-state index in [1.165, 1.54) is 25.9 Å². The van der Waals surface area contributed by atoms with Crippen LogP contribution in [-0.4, -0.2) is 75.0 Å². The summed E-state index contributed by atoms with van der Waals surface area (Å²) in [4.78, 5) is 5.16. The molecule has 0 saturated carbocycles. The van der Waals surface area contributed by atoms with E-state index in [2.05, 4.69) is 16.7 Å². The van der Waals surface area contributed by atoms with Crippen molar-refractivity contribution in [2.75, 3.05) is 59.2 Å². The largest absolute Gasteiger partial charge is 0.494 e. The molecule has 2 aliphatic rings. The lowest BCUT2D eigenvalue weighted by atomic mass is 10.1. The molecule has 5 nitrogen and oxygen atoms in total. The van der Waals surface area contributed by atoms with Gasteiger partial charge in [0.15, 0.2) is 0 Å². The fourth-order valence-electron chi connectivity index (χ4n) is 3.55. The van der Waals surface area contributed by atoms with E-state index in [1.54, 1.807) is 0 Å². The number of rotatable bonds is 8. The number of benzene rings is 1. The molecule has 1 aromatic carbocycles. The SMILES string of the molecule is CCCOc1ccc(OCCN2CCN(C3CCOCC3)CC2)cc1. The highest BCUT2D eigenvalue weighted by molar-refractivity contribution is 5.31. The van der Waals surface area contributed by atoms with Crippen molar-refractivity contribution in [1.82, 2.24) is 9.80 Å². The fourth-order valence-corrected chi connectivity index (χ4v) is 3.55. The summed E-state index contributed by atoms with van der Waals surface area (Å²) in [5.41, 5.74) is 0. The summed E-state index contributed by atoms with van der Waals surface area (Å²) in [5, 5.41) is 0. The van der Waals surface area contributed by atoms with Crippen LogP contribution in [-0.2, 0) is 4.74 Å². The molecule has 140 valence electrons. The van der Waals surface area contributed by atoms with E-state index < -0.39 is 0 Å². The summed E-state index contributed by atoms with van der Waals surface area (Å²) < 4.78 is 16.9. The molecule has 0 spiro atoms. The second-order valence-electron chi connectivity index (χ2n) is 6.89. The summed E-state index contributed by atoms with van der Waals surface area (Å²) in [6.45, 7) is 11.1. The Hall–Kier alpha value is -1.30. The first-order valence-corrected chi connectivity index (χ1v) is 9.75. The Balaban J connectivity index is 1.32. The number of nitrogens with zero attached hydrogens (tertiary/aromatic N) is 2. The van der Waals surface area contributed by atoms with Gasteiger partial charge in [0, 0.05) is 52.0 Å². The summed E-state index contributed by atoms with van der Waals surface area (Å²) in [6.07, 6.45) is 3.42. The zero-order valence-corrected chi connectivity index (χ0v) is 15.5. The highest BCUT2D eigenvalue weighted by Gasteiger charge is 2.25. The molecule has 0 amide bonds. The predicted molar refractivity (Wildman–Crippen MR) is 99.6 cm³/mol. The molecule has 0 unspecified atom stereocenters. The summed E-state index contributed by atoms with van der Waals surface area (Å²) in [6, 6.07) is 8.69. The molecule has 3 rings (SSSR count). The Labute approximate surface area is 151 Å². The second-order valence-corrected chi connectivity index (χ2v) is 6.89. The molecule has 0 aliphatic carbocycles. The van der Waals surface area contributed by atoms with Gasteiger partial charge in [0.25, 0.3) is 0 Å². The predicted octanol–water partition coefficient (Wildman–Crippen LogP) is 2.65. The third kappa shape index (κ3) is 5.87. The van der Waals surface area contributed by atoms with Crippen LogP contribution in [0.2, 0.25) is 0 Å². The first-order valence-electron chi connectivity index (χ1n) is 9.75. The molecular weight excluding hydrogens is 316 g/mol. The lowest BCUT2D eigenvalue weighted by Crippen LogP contribution is -2.52. The molecule has 0 bridgehead atoms. The molecule has 2 heterocycles. The van der Waals surface area contributed by atoms with E-state index in [0.717, 1.165) is 70.0 Å². The third-order valence-corrected chi connectivity index (χ3v) is 5.09. The molecule has 2 aliphatic heterocycles. The molecule has 2 saturated heterocycles. The quantitative estimate of drug-likeness (QED) is 0.721. The standard InChI is InChI=1S/C20H32N2O3/c1-2-14-24-19-3-5-20(6-4-19)25-17-13-21-9-11-22(12-10-21)18-7-15-23-16-8-18/h3-6,18H,2,7-17H2,1H3. The van der Waals surface area contributed by atoms with Gasteiger partial charge in [-0.3, -0.25) is 9.80 Å². The van der Waals surface area contributed by atoms with Gasteiger partial charge in [-0.1, -0.05) is 6.92 Å². The third-order valence-electron chi connectivity index (χ3n) is 5.09. The van der Waals surface area contributed by atoms with Gasteiger partial charge in [-0.05, 0) is 43.5 Å². The summed E-state index contributed by atoms with van der Waals surface area (Å²) in [7, 11) is 0. The first kappa shape index (κ1) is 18.5. The van der Waals surface area contributed by atoms with Crippen molar-refractivity contribution in [3.05, 3.63) is 24.3 Å². The van der Waals surface area contributed by atoms with E-state index in [9.17, 15) is 0 Å². The maximum Gasteiger partial charge on any atom is 0.119 e. The van der Waals surface area contributed by atoms with Crippen LogP contribution in [0, 0.1) is 0 Å². The molecule has 5 heteroatoms. The molecule has 0 radical (unpaired) electrons. The fraction of sp³-hybridized carbons (Fsp3) is 0.700. The van der Waals surface area contributed by atoms with Gasteiger partial charge in [0.05, 0.1) is 6.61 Å². The Morgan fingerprint density at radius 1 is 0.920 bits per heavy atom. The smallest absolute Gasteiger partial charge is 0.119 e. The molecular formula is C20H32N2O3. The first-order chi connectivity index (χ1) is 12.3. The van der Waals surface area contributed by atoms with Crippen molar-refractivity contribution in [1.29, 1.82) is 0 Å². The van der Waals surface area contributed by atoms with Gasteiger partial charge >= 0.3 is 0 Å². The number of hydrogen-bond acceptors (Lipinski definition) is 5. The molecule has 0 atom stereocenters. The van der Waals surface area contributed by atoms with Crippen molar-refractivity contribution in [2.24, 2.45) is 0 Å². The zero-order chi connectivity index (χ0) is 17.3. The van der Waals surface area contributed by atoms with Gasteiger partial charge < -0.3 is 14.2 Å². The van der Waals surface area contributed by atoms with Crippen molar-refractivity contribution in [2.45, 2.75) is 32.2 Å². The van der Waals surface area contributed by atoms with Crippen LogP contribution in [0.1, 0.15) is 26.2 Å². The van der Waals surface area contributed by atoms with Crippen LogP contribution in [0.15, 0.2) is 24.3 Å². The molecule has 25 heavy (non-hydrogen) atoms. The van der Waals surface area contributed by atoms with Crippen molar-refractivity contribution < 1.29 is 14.2 Å². The van der Waals surface area contributed by atoms with Crippen LogP contribution in [0.25, 0.3) is 0 Å². The number of hydrogen-bond donors (Lipinski definition) is 0. The van der Waals surface area contributed by atoms with Crippen LogP contribution in [0.4, 0.5) is 0 Å². The minimum absolute atomic E-state index is 0.737.